The first-order valence-corrected chi connectivity index (χ1v) is 6.33. The molecule has 0 bridgehead atoms. The van der Waals surface area contributed by atoms with E-state index < -0.39 is 37.1 Å². The maximum atomic E-state index is 13.5. The normalized spacial score (nSPS) is 11.5. The number of carbonyl (C=O) groups excluding carboxylic acids is 1. The van der Waals surface area contributed by atoms with Crippen LogP contribution < -0.4 is 4.72 Å². The van der Waals surface area contributed by atoms with Gasteiger partial charge in [-0.1, -0.05) is 18.5 Å². The first-order valence-electron chi connectivity index (χ1n) is 4.47. The van der Waals surface area contributed by atoms with Crippen molar-refractivity contribution in [2.24, 2.45) is 0 Å². The van der Waals surface area contributed by atoms with Crippen molar-refractivity contribution in [3.8, 4) is 0 Å². The summed E-state index contributed by atoms with van der Waals surface area (Å²) in [5, 5.41) is -1.02. The number of nitrogens with one attached hydrogen (secondary N) is 1. The molecule has 0 unspecified atom stereocenters. The van der Waals surface area contributed by atoms with Crippen molar-refractivity contribution in [3.63, 3.8) is 0 Å². The predicted molar refractivity (Wildman–Crippen MR) is 57.6 cm³/mol. The number of rotatable bonds is 4. The highest BCUT2D eigenvalue weighted by atomic mass is 35.5. The van der Waals surface area contributed by atoms with Crippen LogP contribution in [0.1, 0.15) is 17.3 Å². The minimum atomic E-state index is -4.15. The number of aldehydes is 1. The van der Waals surface area contributed by atoms with E-state index >= 15 is 0 Å². The van der Waals surface area contributed by atoms with Gasteiger partial charge >= 0.3 is 0 Å². The van der Waals surface area contributed by atoms with Gasteiger partial charge in [0.25, 0.3) is 0 Å². The van der Waals surface area contributed by atoms with E-state index in [4.69, 9.17) is 11.6 Å². The first kappa shape index (κ1) is 14.0. The molecule has 0 amide bonds. The average molecular weight is 284 g/mol. The summed E-state index contributed by atoms with van der Waals surface area (Å²) in [6.07, 6.45) is 0.0611. The molecule has 0 saturated carbocycles. The molecule has 0 saturated heterocycles. The van der Waals surface area contributed by atoms with Gasteiger partial charge in [0.15, 0.2) is 17.9 Å². The lowest BCUT2D eigenvalue weighted by atomic mass is 10.2. The Labute approximate surface area is 102 Å². The number of hydrogen-bond donors (Lipinski definition) is 1. The first-order chi connectivity index (χ1) is 7.85. The molecule has 1 rings (SSSR count). The largest absolute Gasteiger partial charge is 0.298 e. The zero-order chi connectivity index (χ0) is 13.2. The van der Waals surface area contributed by atoms with Crippen LogP contribution in [0.5, 0.6) is 0 Å². The average Bonchev–Trinajstić information content (AvgIpc) is 2.26. The summed E-state index contributed by atoms with van der Waals surface area (Å²) in [5.74, 6) is -2.70. The number of hydrogen-bond acceptors (Lipinski definition) is 3. The fourth-order valence-electron chi connectivity index (χ4n) is 1.15. The van der Waals surface area contributed by atoms with E-state index in [0.29, 0.717) is 6.07 Å². The number of sulfonamides is 1. The fourth-order valence-corrected chi connectivity index (χ4v) is 2.57. The third-order valence-electron chi connectivity index (χ3n) is 1.89. The summed E-state index contributed by atoms with van der Waals surface area (Å²) >= 11 is 5.27. The molecule has 1 aromatic carbocycles. The van der Waals surface area contributed by atoms with E-state index in [0.717, 1.165) is 0 Å². The number of benzene rings is 1. The minimum absolute atomic E-state index is 0.0210. The third kappa shape index (κ3) is 2.62. The van der Waals surface area contributed by atoms with E-state index in [1.807, 2.05) is 4.72 Å². The molecule has 1 aromatic rings. The zero-order valence-corrected chi connectivity index (χ0v) is 10.2. The second kappa shape index (κ2) is 5.07. The van der Waals surface area contributed by atoms with Crippen molar-refractivity contribution < 1.29 is 22.0 Å². The van der Waals surface area contributed by atoms with E-state index in [9.17, 15) is 22.0 Å². The smallest absolute Gasteiger partial charge is 0.243 e. The molecule has 17 heavy (non-hydrogen) atoms. The Morgan fingerprint density at radius 1 is 1.41 bits per heavy atom. The van der Waals surface area contributed by atoms with Crippen molar-refractivity contribution in [3.05, 3.63) is 28.3 Å². The van der Waals surface area contributed by atoms with E-state index in [1.165, 1.54) is 6.92 Å². The van der Waals surface area contributed by atoms with Crippen LogP contribution in [0.4, 0.5) is 8.78 Å². The second-order valence-electron chi connectivity index (χ2n) is 3.03. The summed E-state index contributed by atoms with van der Waals surface area (Å²) < 4.78 is 51.8. The van der Waals surface area contributed by atoms with Gasteiger partial charge in [0.1, 0.15) is 9.92 Å². The summed E-state index contributed by atoms with van der Waals surface area (Å²) in [4.78, 5) is 9.64. The van der Waals surface area contributed by atoms with Crippen LogP contribution in [0.15, 0.2) is 11.0 Å². The van der Waals surface area contributed by atoms with Crippen LogP contribution in [-0.2, 0) is 10.0 Å². The second-order valence-corrected chi connectivity index (χ2v) is 5.14. The molecule has 94 valence electrons. The summed E-state index contributed by atoms with van der Waals surface area (Å²) in [6, 6.07) is 0.599. The number of halogens is 3. The lowest BCUT2D eigenvalue weighted by Gasteiger charge is -2.08. The molecule has 0 spiro atoms. The topological polar surface area (TPSA) is 63.2 Å². The summed E-state index contributed by atoms with van der Waals surface area (Å²) in [6.45, 7) is 1.51. The highest BCUT2D eigenvalue weighted by Gasteiger charge is 2.25. The quantitative estimate of drug-likeness (QED) is 0.676. The molecule has 0 aliphatic carbocycles. The number of carbonyl (C=O) groups is 1. The van der Waals surface area contributed by atoms with Crippen molar-refractivity contribution in [1.29, 1.82) is 0 Å². The molecule has 4 nitrogen and oxygen atoms in total. The molecule has 0 atom stereocenters. The molecule has 0 heterocycles. The van der Waals surface area contributed by atoms with Crippen LogP contribution >= 0.6 is 11.6 Å². The predicted octanol–water partition coefficient (Wildman–Crippen LogP) is 1.73. The molecular formula is C9H8ClF2NO3S. The Bertz CT molecular complexity index is 560. The molecule has 0 aliphatic rings. The molecule has 8 heteroatoms. The SMILES string of the molecule is CCNS(=O)(=O)c1cc(C=O)c(F)c(Cl)c1F. The Morgan fingerprint density at radius 2 is 2.00 bits per heavy atom. The van der Waals surface area contributed by atoms with Crippen molar-refractivity contribution in [2.75, 3.05) is 6.54 Å². The lowest BCUT2D eigenvalue weighted by molar-refractivity contribution is 0.111. The van der Waals surface area contributed by atoms with Gasteiger partial charge in [0.05, 0.1) is 5.56 Å². The fraction of sp³-hybridized carbons (Fsp3) is 0.222. The van der Waals surface area contributed by atoms with Crippen molar-refractivity contribution >= 4 is 27.9 Å². The Balaban J connectivity index is 3.56. The Hall–Kier alpha value is -1.05. The van der Waals surface area contributed by atoms with Gasteiger partial charge in [0, 0.05) is 6.54 Å². The van der Waals surface area contributed by atoms with Gasteiger partial charge < -0.3 is 0 Å². The zero-order valence-electron chi connectivity index (χ0n) is 8.63. The van der Waals surface area contributed by atoms with Crippen LogP contribution in [0.2, 0.25) is 5.02 Å². The van der Waals surface area contributed by atoms with Gasteiger partial charge in [-0.05, 0) is 6.07 Å². The minimum Gasteiger partial charge on any atom is -0.298 e. The molecule has 0 aromatic heterocycles. The third-order valence-corrected chi connectivity index (χ3v) is 3.77. The van der Waals surface area contributed by atoms with Gasteiger partial charge in [-0.2, -0.15) is 0 Å². The van der Waals surface area contributed by atoms with Gasteiger partial charge in [-0.3, -0.25) is 4.79 Å². The van der Waals surface area contributed by atoms with Crippen LogP contribution in [-0.4, -0.2) is 21.2 Å². The Morgan fingerprint density at radius 3 is 2.47 bits per heavy atom. The summed E-state index contributed by atoms with van der Waals surface area (Å²) in [7, 11) is -4.15. The van der Waals surface area contributed by atoms with Crippen LogP contribution in [0.25, 0.3) is 0 Å². The highest BCUT2D eigenvalue weighted by molar-refractivity contribution is 7.89. The molecule has 0 aliphatic heterocycles. The van der Waals surface area contributed by atoms with Gasteiger partial charge in [-0.25, -0.2) is 21.9 Å². The Kier molecular flexibility index (Phi) is 4.18. The standard InChI is InChI=1S/C9H8ClF2NO3S/c1-2-13-17(15,16)6-3-5(4-14)8(11)7(10)9(6)12/h3-4,13H,2H2,1H3. The van der Waals surface area contributed by atoms with E-state index in [1.54, 1.807) is 0 Å². The maximum absolute atomic E-state index is 13.5. The van der Waals surface area contributed by atoms with Crippen LogP contribution in [0, 0.1) is 11.6 Å². The lowest BCUT2D eigenvalue weighted by Crippen LogP contribution is -2.24. The molecule has 0 fully saturated rings. The van der Waals surface area contributed by atoms with Crippen molar-refractivity contribution in [1.82, 2.24) is 4.72 Å². The highest BCUT2D eigenvalue weighted by Crippen LogP contribution is 2.27. The van der Waals surface area contributed by atoms with Crippen LogP contribution in [0.3, 0.4) is 0 Å². The van der Waals surface area contributed by atoms with Crippen molar-refractivity contribution in [2.45, 2.75) is 11.8 Å². The maximum Gasteiger partial charge on any atom is 0.243 e. The molecule has 0 radical (unpaired) electrons. The van der Waals surface area contributed by atoms with E-state index in [2.05, 4.69) is 0 Å². The monoisotopic (exact) mass is 283 g/mol. The summed E-state index contributed by atoms with van der Waals surface area (Å²) in [5.41, 5.74) is -0.618. The van der Waals surface area contributed by atoms with E-state index in [-0.39, 0.29) is 12.8 Å². The van der Waals surface area contributed by atoms with Gasteiger partial charge in [-0.15, -0.1) is 0 Å². The molecular weight excluding hydrogens is 276 g/mol. The van der Waals surface area contributed by atoms with Gasteiger partial charge in [0.2, 0.25) is 10.0 Å². The molecule has 1 N–H and O–H groups in total.